The average molecular weight is 562 g/mol. The molecule has 0 saturated heterocycles. The Hall–Kier alpha value is -4.85. The number of nitrogens with one attached hydrogen (secondary N) is 2. The number of Topliss-reactive ketones (excluding diaryl/α,β-unsaturated/α-hetero) is 1. The van der Waals surface area contributed by atoms with Crippen LogP contribution in [0.25, 0.3) is 5.65 Å². The summed E-state index contributed by atoms with van der Waals surface area (Å²) in [5.74, 6) is -0.350. The van der Waals surface area contributed by atoms with Gasteiger partial charge in [-0.05, 0) is 79.5 Å². The Bertz CT molecular complexity index is 1680. The van der Waals surface area contributed by atoms with Gasteiger partial charge in [0.25, 0.3) is 5.91 Å². The summed E-state index contributed by atoms with van der Waals surface area (Å²) in [7, 11) is 0. The SMILES string of the molecule is O=C(CC1CCC(NC(=O)c2cc(F)cnc2Nc2cccc(Cc3ccccc3)c2)CC1)c1cn2ccccc2n1. The van der Waals surface area contributed by atoms with E-state index in [1.165, 1.54) is 11.6 Å². The van der Waals surface area contributed by atoms with Gasteiger partial charge in [-0.1, -0.05) is 48.5 Å². The molecule has 1 aliphatic rings. The second-order valence-corrected chi connectivity index (χ2v) is 10.9. The summed E-state index contributed by atoms with van der Waals surface area (Å²) in [6.07, 6.45) is 9.13. The van der Waals surface area contributed by atoms with Crippen molar-refractivity contribution in [2.24, 2.45) is 5.92 Å². The molecule has 2 aromatic carbocycles. The largest absolute Gasteiger partial charge is 0.349 e. The minimum atomic E-state index is -0.572. The lowest BCUT2D eigenvalue weighted by atomic mass is 9.83. The van der Waals surface area contributed by atoms with Gasteiger partial charge in [-0.3, -0.25) is 9.59 Å². The van der Waals surface area contributed by atoms with Gasteiger partial charge in [-0.15, -0.1) is 0 Å². The maximum Gasteiger partial charge on any atom is 0.255 e. The van der Waals surface area contributed by atoms with Crippen molar-refractivity contribution in [3.8, 4) is 0 Å². The predicted octanol–water partition coefficient (Wildman–Crippen LogP) is 6.76. The molecular formula is C34H32FN5O2. The fraction of sp³-hybridized carbons (Fsp3) is 0.235. The number of anilines is 2. The number of aromatic nitrogens is 3. The fourth-order valence-corrected chi connectivity index (χ4v) is 5.65. The van der Waals surface area contributed by atoms with Crippen LogP contribution in [0.1, 0.15) is 64.1 Å². The molecule has 3 heterocycles. The topological polar surface area (TPSA) is 88.4 Å². The van der Waals surface area contributed by atoms with E-state index >= 15 is 0 Å². The average Bonchev–Trinajstić information content (AvgIpc) is 3.45. The molecule has 0 spiro atoms. The van der Waals surface area contributed by atoms with Crippen molar-refractivity contribution in [3.05, 3.63) is 126 Å². The van der Waals surface area contributed by atoms with E-state index in [9.17, 15) is 14.0 Å². The minimum Gasteiger partial charge on any atom is -0.349 e. The highest BCUT2D eigenvalue weighted by Crippen LogP contribution is 2.29. The van der Waals surface area contributed by atoms with E-state index in [-0.39, 0.29) is 29.2 Å². The number of imidazole rings is 1. The molecule has 2 N–H and O–H groups in total. The van der Waals surface area contributed by atoms with Crippen molar-refractivity contribution in [3.63, 3.8) is 0 Å². The molecular weight excluding hydrogens is 529 g/mol. The number of fused-ring (bicyclic) bond motifs is 1. The van der Waals surface area contributed by atoms with Gasteiger partial charge in [0.15, 0.2) is 5.78 Å². The third-order valence-electron chi connectivity index (χ3n) is 7.85. The van der Waals surface area contributed by atoms with E-state index in [1.807, 2.05) is 71.3 Å². The standard InChI is InChI=1S/C34H32FN5O2/c35-26-20-29(33(36-21-26)37-28-10-6-9-25(18-28)17-23-7-2-1-3-8-23)34(42)38-27-14-12-24(13-15-27)19-31(41)30-22-40-16-5-4-11-32(40)39-30/h1-11,16,18,20-22,24,27H,12-15,17,19H2,(H,36,37)(H,38,42). The number of halogens is 1. The van der Waals surface area contributed by atoms with Gasteiger partial charge in [-0.2, -0.15) is 0 Å². The molecule has 0 aliphatic heterocycles. The van der Waals surface area contributed by atoms with Gasteiger partial charge < -0.3 is 15.0 Å². The third-order valence-corrected chi connectivity index (χ3v) is 7.85. The van der Waals surface area contributed by atoms with Crippen LogP contribution in [0.4, 0.5) is 15.9 Å². The molecule has 8 heteroatoms. The first-order chi connectivity index (χ1) is 20.5. The van der Waals surface area contributed by atoms with Crippen LogP contribution in [0.15, 0.2) is 97.5 Å². The van der Waals surface area contributed by atoms with Gasteiger partial charge in [0.05, 0.1) is 11.8 Å². The molecule has 1 fully saturated rings. The van der Waals surface area contributed by atoms with Crippen LogP contribution in [-0.2, 0) is 6.42 Å². The Balaban J connectivity index is 1.06. The van der Waals surface area contributed by atoms with Crippen LogP contribution < -0.4 is 10.6 Å². The molecule has 1 aliphatic carbocycles. The van der Waals surface area contributed by atoms with Crippen molar-refractivity contribution in [1.82, 2.24) is 19.7 Å². The second-order valence-electron chi connectivity index (χ2n) is 10.9. The lowest BCUT2D eigenvalue weighted by Crippen LogP contribution is -2.38. The summed E-state index contributed by atoms with van der Waals surface area (Å²) in [5.41, 5.74) is 4.48. The van der Waals surface area contributed by atoms with Crippen molar-refractivity contribution < 1.29 is 14.0 Å². The zero-order valence-corrected chi connectivity index (χ0v) is 23.2. The lowest BCUT2D eigenvalue weighted by Gasteiger charge is -2.28. The van der Waals surface area contributed by atoms with Gasteiger partial charge in [0, 0.05) is 30.5 Å². The molecule has 7 nitrogen and oxygen atoms in total. The number of hydrogen-bond acceptors (Lipinski definition) is 5. The molecule has 3 aromatic heterocycles. The summed E-state index contributed by atoms with van der Waals surface area (Å²) in [6, 6.07) is 24.9. The molecule has 0 radical (unpaired) electrons. The molecule has 1 amide bonds. The molecule has 0 bridgehead atoms. The summed E-state index contributed by atoms with van der Waals surface area (Å²) in [5, 5.41) is 6.28. The number of amides is 1. The number of rotatable bonds is 9. The van der Waals surface area contributed by atoms with Crippen LogP contribution in [0.2, 0.25) is 0 Å². The van der Waals surface area contributed by atoms with Gasteiger partial charge in [0.1, 0.15) is 23.0 Å². The highest BCUT2D eigenvalue weighted by atomic mass is 19.1. The van der Waals surface area contributed by atoms with Crippen LogP contribution in [0.5, 0.6) is 0 Å². The molecule has 5 aromatic rings. The smallest absolute Gasteiger partial charge is 0.255 e. The first kappa shape index (κ1) is 27.3. The zero-order chi connectivity index (χ0) is 28.9. The first-order valence-corrected chi connectivity index (χ1v) is 14.3. The van der Waals surface area contributed by atoms with Crippen molar-refractivity contribution in [2.75, 3.05) is 5.32 Å². The summed E-state index contributed by atoms with van der Waals surface area (Å²) in [6.45, 7) is 0. The molecule has 212 valence electrons. The number of hydrogen-bond donors (Lipinski definition) is 2. The Kier molecular flexibility index (Phi) is 8.03. The summed E-state index contributed by atoms with van der Waals surface area (Å²) in [4.78, 5) is 34.8. The maximum absolute atomic E-state index is 14.2. The molecule has 0 unspecified atom stereocenters. The number of benzene rings is 2. The Morgan fingerprint density at radius 1 is 0.905 bits per heavy atom. The normalized spacial score (nSPS) is 16.7. The number of carbonyl (C=O) groups excluding carboxylic acids is 2. The number of pyridine rings is 2. The summed E-state index contributed by atoms with van der Waals surface area (Å²) < 4.78 is 16.1. The number of carbonyl (C=O) groups is 2. The Morgan fingerprint density at radius 2 is 1.69 bits per heavy atom. The zero-order valence-electron chi connectivity index (χ0n) is 23.2. The summed E-state index contributed by atoms with van der Waals surface area (Å²) >= 11 is 0. The van der Waals surface area contributed by atoms with Gasteiger partial charge >= 0.3 is 0 Å². The molecule has 42 heavy (non-hydrogen) atoms. The number of ketones is 1. The van der Waals surface area contributed by atoms with Crippen LogP contribution in [-0.4, -0.2) is 32.1 Å². The van der Waals surface area contributed by atoms with Crippen molar-refractivity contribution in [1.29, 1.82) is 0 Å². The van der Waals surface area contributed by atoms with E-state index < -0.39 is 5.82 Å². The second kappa shape index (κ2) is 12.3. The van der Waals surface area contributed by atoms with Crippen LogP contribution in [0.3, 0.4) is 0 Å². The maximum atomic E-state index is 14.2. The van der Waals surface area contributed by atoms with E-state index in [4.69, 9.17) is 0 Å². The Morgan fingerprint density at radius 3 is 2.50 bits per heavy atom. The Labute approximate surface area is 243 Å². The molecule has 0 atom stereocenters. The first-order valence-electron chi connectivity index (χ1n) is 14.3. The van der Waals surface area contributed by atoms with E-state index in [1.54, 1.807) is 6.20 Å². The minimum absolute atomic E-state index is 0.0422. The highest BCUT2D eigenvalue weighted by molar-refractivity contribution is 5.99. The van der Waals surface area contributed by atoms with Gasteiger partial charge in [-0.25, -0.2) is 14.4 Å². The predicted molar refractivity (Wildman–Crippen MR) is 161 cm³/mol. The quantitative estimate of drug-likeness (QED) is 0.194. The molecule has 6 rings (SSSR count). The van der Waals surface area contributed by atoms with Crippen LogP contribution >= 0.6 is 0 Å². The van der Waals surface area contributed by atoms with Gasteiger partial charge in [0.2, 0.25) is 0 Å². The highest BCUT2D eigenvalue weighted by Gasteiger charge is 2.26. The van der Waals surface area contributed by atoms with E-state index in [2.05, 4.69) is 32.7 Å². The van der Waals surface area contributed by atoms with E-state index in [0.717, 1.165) is 55.2 Å². The monoisotopic (exact) mass is 561 g/mol. The lowest BCUT2D eigenvalue weighted by molar-refractivity contribution is 0.0895. The number of nitrogens with zero attached hydrogens (tertiary/aromatic N) is 3. The third kappa shape index (κ3) is 6.54. The fourth-order valence-electron chi connectivity index (χ4n) is 5.65. The van der Waals surface area contributed by atoms with E-state index in [0.29, 0.717) is 17.9 Å². The van der Waals surface area contributed by atoms with Crippen LogP contribution in [0, 0.1) is 11.7 Å². The van der Waals surface area contributed by atoms with Crippen molar-refractivity contribution in [2.45, 2.75) is 44.6 Å². The molecule has 1 saturated carbocycles. The van der Waals surface area contributed by atoms with Crippen molar-refractivity contribution >= 4 is 28.8 Å².